The van der Waals surface area contributed by atoms with E-state index in [1.54, 1.807) is 7.11 Å². The fourth-order valence-corrected chi connectivity index (χ4v) is 5.16. The number of likely N-dealkylation sites (N-methyl/N-ethyl adjacent to an activating group) is 1. The Labute approximate surface area is 175 Å². The lowest BCUT2D eigenvalue weighted by molar-refractivity contribution is 0.0137. The third kappa shape index (κ3) is 5.03. The van der Waals surface area contributed by atoms with Gasteiger partial charge in [0.2, 0.25) is 0 Å². The lowest BCUT2D eigenvalue weighted by atomic mass is 9.68. The molecule has 0 bridgehead atoms. The summed E-state index contributed by atoms with van der Waals surface area (Å²) in [5.41, 5.74) is 3.17. The molecule has 2 aliphatic rings. The molecule has 5 heteroatoms. The molecule has 1 aromatic heterocycles. The Morgan fingerprint density at radius 3 is 2.45 bits per heavy atom. The molecule has 2 saturated heterocycles. The summed E-state index contributed by atoms with van der Waals surface area (Å²) < 4.78 is 5.10. The van der Waals surface area contributed by atoms with E-state index in [2.05, 4.69) is 57.0 Å². The van der Waals surface area contributed by atoms with E-state index in [0.29, 0.717) is 17.9 Å². The fourth-order valence-electron chi connectivity index (χ4n) is 5.16. The summed E-state index contributed by atoms with van der Waals surface area (Å²) in [5, 5.41) is 0. The first kappa shape index (κ1) is 20.5. The zero-order chi connectivity index (χ0) is 20.1. The van der Waals surface area contributed by atoms with Gasteiger partial charge in [-0.3, -0.25) is 4.90 Å². The number of piperidine rings is 2. The summed E-state index contributed by atoms with van der Waals surface area (Å²) in [5.74, 6) is 1.42. The second-order valence-corrected chi connectivity index (χ2v) is 8.86. The minimum Gasteiger partial charge on any atom is -0.377 e. The zero-order valence-corrected chi connectivity index (χ0v) is 17.9. The van der Waals surface area contributed by atoms with Gasteiger partial charge in [0.15, 0.2) is 5.82 Å². The Kier molecular flexibility index (Phi) is 6.58. The van der Waals surface area contributed by atoms with Gasteiger partial charge in [-0.25, -0.2) is 9.97 Å². The number of rotatable bonds is 6. The van der Waals surface area contributed by atoms with Gasteiger partial charge in [0.25, 0.3) is 0 Å². The first-order valence-corrected chi connectivity index (χ1v) is 11.0. The average Bonchev–Trinajstić information content (AvgIpc) is 2.77. The number of methoxy groups -OCH3 is 1. The first-order chi connectivity index (χ1) is 14.2. The lowest BCUT2D eigenvalue weighted by Gasteiger charge is -2.50. The average molecular weight is 395 g/mol. The van der Waals surface area contributed by atoms with Gasteiger partial charge in [-0.05, 0) is 55.8 Å². The SMILES string of the molecule is CCN1C[C@@H](c2ccccc2)CC2(CCN(Cc3cnc(COC)nc3)CC2)C1. The molecule has 2 aliphatic heterocycles. The highest BCUT2D eigenvalue weighted by Gasteiger charge is 2.41. The third-order valence-electron chi connectivity index (χ3n) is 6.79. The highest BCUT2D eigenvalue weighted by atomic mass is 16.5. The molecule has 0 N–H and O–H groups in total. The highest BCUT2D eigenvalue weighted by Crippen LogP contribution is 2.45. The van der Waals surface area contributed by atoms with Gasteiger partial charge in [-0.15, -0.1) is 0 Å². The Morgan fingerprint density at radius 1 is 1.07 bits per heavy atom. The number of hydrogen-bond donors (Lipinski definition) is 0. The molecule has 0 aliphatic carbocycles. The van der Waals surface area contributed by atoms with Gasteiger partial charge in [-0.1, -0.05) is 37.3 Å². The summed E-state index contributed by atoms with van der Waals surface area (Å²) in [6, 6.07) is 11.1. The van der Waals surface area contributed by atoms with E-state index in [-0.39, 0.29) is 0 Å². The van der Waals surface area contributed by atoms with Gasteiger partial charge < -0.3 is 9.64 Å². The van der Waals surface area contributed by atoms with Crippen molar-refractivity contribution in [2.45, 2.75) is 45.3 Å². The van der Waals surface area contributed by atoms with Crippen LogP contribution in [0.2, 0.25) is 0 Å². The zero-order valence-electron chi connectivity index (χ0n) is 17.9. The molecule has 1 spiro atoms. The summed E-state index contributed by atoms with van der Waals surface area (Å²) in [7, 11) is 1.67. The molecule has 2 aromatic rings. The molecule has 156 valence electrons. The van der Waals surface area contributed by atoms with Crippen LogP contribution in [-0.2, 0) is 17.9 Å². The summed E-state index contributed by atoms with van der Waals surface area (Å²) in [4.78, 5) is 14.1. The van der Waals surface area contributed by atoms with Crippen LogP contribution in [0.1, 0.15) is 49.1 Å². The van der Waals surface area contributed by atoms with Crippen molar-refractivity contribution < 1.29 is 4.74 Å². The topological polar surface area (TPSA) is 41.5 Å². The summed E-state index contributed by atoms with van der Waals surface area (Å²) in [6.07, 6.45) is 7.81. The van der Waals surface area contributed by atoms with Gasteiger partial charge in [0.05, 0.1) is 0 Å². The molecular formula is C24H34N4O. The van der Waals surface area contributed by atoms with E-state index in [9.17, 15) is 0 Å². The number of nitrogens with zero attached hydrogens (tertiary/aromatic N) is 4. The number of likely N-dealkylation sites (tertiary alicyclic amines) is 2. The largest absolute Gasteiger partial charge is 0.377 e. The predicted octanol–water partition coefficient (Wildman–Crippen LogP) is 3.71. The predicted molar refractivity (Wildman–Crippen MR) is 116 cm³/mol. The van der Waals surface area contributed by atoms with E-state index in [4.69, 9.17) is 4.74 Å². The van der Waals surface area contributed by atoms with Gasteiger partial charge in [0, 0.05) is 44.7 Å². The van der Waals surface area contributed by atoms with Gasteiger partial charge >= 0.3 is 0 Å². The maximum absolute atomic E-state index is 5.10. The van der Waals surface area contributed by atoms with Crippen molar-refractivity contribution in [3.8, 4) is 0 Å². The standard InChI is InChI=1S/C24H34N4O/c1-3-27-17-22(21-7-5-4-6-8-21)13-24(19-27)9-11-28(12-10-24)16-20-14-25-23(18-29-2)26-15-20/h4-8,14-15,22H,3,9-13,16-19H2,1-2H3/t22-/m0/s1. The molecule has 4 rings (SSSR count). The Morgan fingerprint density at radius 2 is 1.79 bits per heavy atom. The number of ether oxygens (including phenoxy) is 1. The number of hydrogen-bond acceptors (Lipinski definition) is 5. The van der Waals surface area contributed by atoms with E-state index < -0.39 is 0 Å². The van der Waals surface area contributed by atoms with E-state index in [1.165, 1.54) is 56.6 Å². The minimum atomic E-state index is 0.462. The maximum Gasteiger partial charge on any atom is 0.153 e. The second kappa shape index (κ2) is 9.33. The van der Waals surface area contributed by atoms with Crippen LogP contribution >= 0.6 is 0 Å². The molecule has 0 saturated carbocycles. The van der Waals surface area contributed by atoms with Crippen molar-refractivity contribution in [3.05, 3.63) is 59.7 Å². The van der Waals surface area contributed by atoms with Crippen molar-refractivity contribution in [2.75, 3.05) is 39.8 Å². The van der Waals surface area contributed by atoms with E-state index >= 15 is 0 Å². The molecular weight excluding hydrogens is 360 g/mol. The minimum absolute atomic E-state index is 0.462. The van der Waals surface area contributed by atoms with Crippen LogP contribution in [0.4, 0.5) is 0 Å². The normalized spacial score (nSPS) is 22.8. The maximum atomic E-state index is 5.10. The van der Waals surface area contributed by atoms with E-state index in [1.807, 2.05) is 12.4 Å². The fraction of sp³-hybridized carbons (Fsp3) is 0.583. The van der Waals surface area contributed by atoms with Crippen molar-refractivity contribution in [3.63, 3.8) is 0 Å². The van der Waals surface area contributed by atoms with E-state index in [0.717, 1.165) is 18.9 Å². The van der Waals surface area contributed by atoms with Crippen LogP contribution in [0.25, 0.3) is 0 Å². The number of aromatic nitrogens is 2. The molecule has 1 aromatic carbocycles. The quantitative estimate of drug-likeness (QED) is 0.747. The van der Waals surface area contributed by atoms with Crippen LogP contribution < -0.4 is 0 Å². The number of benzene rings is 1. The van der Waals surface area contributed by atoms with Crippen LogP contribution in [0.5, 0.6) is 0 Å². The lowest BCUT2D eigenvalue weighted by Crippen LogP contribution is -2.51. The Hall–Kier alpha value is -1.82. The highest BCUT2D eigenvalue weighted by molar-refractivity contribution is 5.21. The molecule has 2 fully saturated rings. The van der Waals surface area contributed by atoms with Crippen molar-refractivity contribution in [1.82, 2.24) is 19.8 Å². The van der Waals surface area contributed by atoms with Crippen molar-refractivity contribution in [1.29, 1.82) is 0 Å². The third-order valence-corrected chi connectivity index (χ3v) is 6.79. The second-order valence-electron chi connectivity index (χ2n) is 8.86. The Bertz CT molecular complexity index is 756. The molecule has 0 radical (unpaired) electrons. The molecule has 5 nitrogen and oxygen atoms in total. The van der Waals surface area contributed by atoms with Gasteiger partial charge in [0.1, 0.15) is 6.61 Å². The first-order valence-electron chi connectivity index (χ1n) is 11.0. The van der Waals surface area contributed by atoms with Crippen molar-refractivity contribution in [2.24, 2.45) is 5.41 Å². The molecule has 0 amide bonds. The Balaban J connectivity index is 1.37. The monoisotopic (exact) mass is 394 g/mol. The van der Waals surface area contributed by atoms with Crippen LogP contribution in [0.3, 0.4) is 0 Å². The molecule has 3 heterocycles. The summed E-state index contributed by atoms with van der Waals surface area (Å²) in [6.45, 7) is 9.68. The summed E-state index contributed by atoms with van der Waals surface area (Å²) >= 11 is 0. The van der Waals surface area contributed by atoms with Crippen LogP contribution in [0.15, 0.2) is 42.7 Å². The van der Waals surface area contributed by atoms with Crippen molar-refractivity contribution >= 4 is 0 Å². The molecule has 1 atom stereocenters. The van der Waals surface area contributed by atoms with Gasteiger partial charge in [-0.2, -0.15) is 0 Å². The van der Waals surface area contributed by atoms with Crippen LogP contribution in [0, 0.1) is 5.41 Å². The molecule has 0 unspecified atom stereocenters. The smallest absolute Gasteiger partial charge is 0.153 e. The molecule has 29 heavy (non-hydrogen) atoms. The van der Waals surface area contributed by atoms with Crippen LogP contribution in [-0.4, -0.2) is 59.6 Å².